The second kappa shape index (κ2) is 7.96. The van der Waals surface area contributed by atoms with Crippen LogP contribution in [0.5, 0.6) is 5.75 Å². The van der Waals surface area contributed by atoms with Gasteiger partial charge in [0.2, 0.25) is 5.95 Å². The maximum atomic E-state index is 5.89. The number of rotatable bonds is 5. The van der Waals surface area contributed by atoms with E-state index in [9.17, 15) is 0 Å². The predicted molar refractivity (Wildman–Crippen MR) is 103 cm³/mol. The number of ether oxygens (including phenoxy) is 1. The van der Waals surface area contributed by atoms with Crippen molar-refractivity contribution >= 4 is 40.6 Å². The number of anilines is 2. The summed E-state index contributed by atoms with van der Waals surface area (Å²) in [6.45, 7) is 0.596. The van der Waals surface area contributed by atoms with Gasteiger partial charge in [-0.3, -0.25) is 5.32 Å². The van der Waals surface area contributed by atoms with Crippen molar-refractivity contribution < 1.29 is 4.74 Å². The van der Waals surface area contributed by atoms with Crippen molar-refractivity contribution in [3.8, 4) is 5.75 Å². The number of methoxy groups -OCH3 is 1. The summed E-state index contributed by atoms with van der Waals surface area (Å²) in [5.41, 5.74) is 1.85. The second-order valence-corrected chi connectivity index (χ2v) is 6.02. The van der Waals surface area contributed by atoms with Gasteiger partial charge in [-0.15, -0.1) is 5.10 Å². The third kappa shape index (κ3) is 4.68. The summed E-state index contributed by atoms with van der Waals surface area (Å²) in [4.78, 5) is 4.21. The van der Waals surface area contributed by atoms with Crippen LogP contribution >= 0.6 is 23.8 Å². The van der Waals surface area contributed by atoms with Gasteiger partial charge in [-0.25, -0.2) is 9.67 Å². The van der Waals surface area contributed by atoms with Crippen LogP contribution in [0.4, 0.5) is 11.6 Å². The lowest BCUT2D eigenvalue weighted by Gasteiger charge is -2.11. The molecular formula is C17H16ClN5OS. The molecule has 1 heterocycles. The van der Waals surface area contributed by atoms with Crippen LogP contribution in [0.1, 0.15) is 5.56 Å². The van der Waals surface area contributed by atoms with E-state index in [0.29, 0.717) is 28.4 Å². The van der Waals surface area contributed by atoms with Gasteiger partial charge in [-0.1, -0.05) is 35.9 Å². The van der Waals surface area contributed by atoms with Gasteiger partial charge in [0.25, 0.3) is 0 Å². The predicted octanol–water partition coefficient (Wildman–Crippen LogP) is 3.80. The van der Waals surface area contributed by atoms with Gasteiger partial charge in [-0.05, 0) is 42.0 Å². The molecule has 8 heteroatoms. The van der Waals surface area contributed by atoms with Crippen molar-refractivity contribution in [2.24, 2.45) is 0 Å². The normalized spacial score (nSPS) is 10.3. The summed E-state index contributed by atoms with van der Waals surface area (Å²) < 4.78 is 7.00. The molecule has 0 atom stereocenters. The molecule has 2 N–H and O–H groups in total. The van der Waals surface area contributed by atoms with Gasteiger partial charge in [0, 0.05) is 5.02 Å². The smallest absolute Gasteiger partial charge is 0.248 e. The Morgan fingerprint density at radius 3 is 2.68 bits per heavy atom. The highest BCUT2D eigenvalue weighted by atomic mass is 35.5. The lowest BCUT2D eigenvalue weighted by atomic mass is 10.2. The van der Waals surface area contributed by atoms with E-state index in [1.807, 2.05) is 48.5 Å². The molecule has 3 rings (SSSR count). The number of para-hydroxylation sites is 2. The molecule has 0 aliphatic heterocycles. The van der Waals surface area contributed by atoms with Crippen LogP contribution in [0.15, 0.2) is 54.9 Å². The Hall–Kier alpha value is -2.64. The minimum Gasteiger partial charge on any atom is -0.495 e. The number of benzene rings is 2. The average molecular weight is 374 g/mol. The Morgan fingerprint density at radius 1 is 1.16 bits per heavy atom. The zero-order chi connectivity index (χ0) is 17.6. The summed E-state index contributed by atoms with van der Waals surface area (Å²) in [6.07, 6.45) is 1.64. The van der Waals surface area contributed by atoms with Crippen LogP contribution in [0, 0.1) is 0 Å². The number of halogens is 1. The monoisotopic (exact) mass is 373 g/mol. The highest BCUT2D eigenvalue weighted by Gasteiger charge is 2.07. The van der Waals surface area contributed by atoms with E-state index < -0.39 is 0 Å². The fraction of sp³-hybridized carbons (Fsp3) is 0.118. The first kappa shape index (κ1) is 17.2. The van der Waals surface area contributed by atoms with Crippen molar-refractivity contribution in [3.63, 3.8) is 0 Å². The fourth-order valence-corrected chi connectivity index (χ4v) is 2.54. The van der Waals surface area contributed by atoms with E-state index in [-0.39, 0.29) is 0 Å². The lowest BCUT2D eigenvalue weighted by molar-refractivity contribution is 0.417. The zero-order valence-electron chi connectivity index (χ0n) is 13.4. The Kier molecular flexibility index (Phi) is 5.47. The van der Waals surface area contributed by atoms with E-state index in [1.54, 1.807) is 18.1 Å². The van der Waals surface area contributed by atoms with Gasteiger partial charge < -0.3 is 10.1 Å². The molecule has 25 heavy (non-hydrogen) atoms. The molecule has 128 valence electrons. The third-order valence-corrected chi connectivity index (χ3v) is 3.83. The van der Waals surface area contributed by atoms with Crippen molar-refractivity contribution in [1.82, 2.24) is 14.8 Å². The summed E-state index contributed by atoms with van der Waals surface area (Å²) >= 11 is 11.2. The van der Waals surface area contributed by atoms with Crippen molar-refractivity contribution in [2.75, 3.05) is 17.7 Å². The van der Waals surface area contributed by atoms with Crippen LogP contribution in [-0.2, 0) is 6.54 Å². The quantitative estimate of drug-likeness (QED) is 0.663. The molecule has 0 radical (unpaired) electrons. The molecule has 0 aliphatic carbocycles. The molecule has 3 aromatic rings. The lowest BCUT2D eigenvalue weighted by Crippen LogP contribution is -2.20. The summed E-state index contributed by atoms with van der Waals surface area (Å²) in [6, 6.07) is 15.1. The number of hydrogen-bond acceptors (Lipinski definition) is 4. The first-order chi connectivity index (χ1) is 12.1. The summed E-state index contributed by atoms with van der Waals surface area (Å²) in [5, 5.41) is 11.5. The van der Waals surface area contributed by atoms with Crippen molar-refractivity contribution in [2.45, 2.75) is 6.54 Å². The van der Waals surface area contributed by atoms with Crippen LogP contribution in [-0.4, -0.2) is 27.0 Å². The van der Waals surface area contributed by atoms with E-state index >= 15 is 0 Å². The maximum Gasteiger partial charge on any atom is 0.248 e. The van der Waals surface area contributed by atoms with E-state index in [2.05, 4.69) is 20.7 Å². The largest absolute Gasteiger partial charge is 0.495 e. The Balaban J connectivity index is 1.61. The number of aromatic nitrogens is 3. The van der Waals surface area contributed by atoms with E-state index in [4.69, 9.17) is 28.6 Å². The SMILES string of the molecule is COc1ccccc1NC(=S)Nc1ncn(Cc2ccc(Cl)cc2)n1. The minimum atomic E-state index is 0.383. The Bertz CT molecular complexity index is 865. The highest BCUT2D eigenvalue weighted by Crippen LogP contribution is 2.23. The molecule has 0 saturated heterocycles. The van der Waals surface area contributed by atoms with Gasteiger partial charge in [0.05, 0.1) is 19.3 Å². The molecule has 0 fully saturated rings. The number of nitrogens with zero attached hydrogens (tertiary/aromatic N) is 3. The standard InChI is InChI=1S/C17H16ClN5OS/c1-24-15-5-3-2-4-14(15)20-17(25)21-16-19-11-23(22-16)10-12-6-8-13(18)9-7-12/h2-9,11H,10H2,1H3,(H2,20,21,22,25). The summed E-state index contributed by atoms with van der Waals surface area (Å²) in [7, 11) is 1.61. The zero-order valence-corrected chi connectivity index (χ0v) is 15.0. The van der Waals surface area contributed by atoms with Gasteiger partial charge in [-0.2, -0.15) is 0 Å². The topological polar surface area (TPSA) is 64.0 Å². The fourth-order valence-electron chi connectivity index (χ4n) is 2.21. The van der Waals surface area contributed by atoms with Crippen molar-refractivity contribution in [3.05, 3.63) is 65.4 Å². The first-order valence-corrected chi connectivity index (χ1v) is 8.27. The highest BCUT2D eigenvalue weighted by molar-refractivity contribution is 7.80. The van der Waals surface area contributed by atoms with E-state index in [1.165, 1.54) is 0 Å². The molecule has 0 saturated carbocycles. The molecule has 1 aromatic heterocycles. The molecule has 2 aromatic carbocycles. The molecule has 0 spiro atoms. The average Bonchev–Trinajstić information content (AvgIpc) is 3.04. The molecular weight excluding hydrogens is 358 g/mol. The number of nitrogens with one attached hydrogen (secondary N) is 2. The Labute approximate surface area is 155 Å². The Morgan fingerprint density at radius 2 is 1.92 bits per heavy atom. The van der Waals surface area contributed by atoms with Crippen LogP contribution < -0.4 is 15.4 Å². The minimum absolute atomic E-state index is 0.383. The van der Waals surface area contributed by atoms with Gasteiger partial charge >= 0.3 is 0 Å². The summed E-state index contributed by atoms with van der Waals surface area (Å²) in [5.74, 6) is 1.12. The van der Waals surface area contributed by atoms with Crippen LogP contribution in [0.25, 0.3) is 0 Å². The third-order valence-electron chi connectivity index (χ3n) is 3.37. The van der Waals surface area contributed by atoms with Crippen LogP contribution in [0.2, 0.25) is 5.02 Å². The molecule has 0 bridgehead atoms. The van der Waals surface area contributed by atoms with Crippen LogP contribution in [0.3, 0.4) is 0 Å². The maximum absolute atomic E-state index is 5.89. The molecule has 6 nitrogen and oxygen atoms in total. The van der Waals surface area contributed by atoms with Gasteiger partial charge in [0.15, 0.2) is 5.11 Å². The molecule has 0 aliphatic rings. The molecule has 0 unspecified atom stereocenters. The molecule has 0 amide bonds. The van der Waals surface area contributed by atoms with E-state index in [0.717, 1.165) is 11.3 Å². The second-order valence-electron chi connectivity index (χ2n) is 5.17. The van der Waals surface area contributed by atoms with Crippen molar-refractivity contribution in [1.29, 1.82) is 0 Å². The number of hydrogen-bond donors (Lipinski definition) is 2. The number of thiocarbonyl (C=S) groups is 1. The first-order valence-electron chi connectivity index (χ1n) is 7.49. The van der Waals surface area contributed by atoms with Gasteiger partial charge in [0.1, 0.15) is 12.1 Å².